The van der Waals surface area contributed by atoms with Gasteiger partial charge in [0.1, 0.15) is 0 Å². The van der Waals surface area contributed by atoms with Gasteiger partial charge in [-0.15, -0.1) is 0 Å². The van der Waals surface area contributed by atoms with Crippen LogP contribution in [0.15, 0.2) is 30.5 Å². The van der Waals surface area contributed by atoms with Crippen molar-refractivity contribution in [1.29, 1.82) is 0 Å². The van der Waals surface area contributed by atoms with Crippen molar-refractivity contribution in [2.24, 2.45) is 5.92 Å². The third kappa shape index (κ3) is 2.27. The molecule has 1 aromatic carbocycles. The van der Waals surface area contributed by atoms with Crippen LogP contribution in [0.3, 0.4) is 0 Å². The molecule has 0 unspecified atom stereocenters. The lowest BCUT2D eigenvalue weighted by molar-refractivity contribution is -0.131. The molecule has 0 spiro atoms. The Morgan fingerprint density at radius 3 is 2.78 bits per heavy atom. The maximum Gasteiger partial charge on any atom is 0.328 e. The fraction of sp³-hybridized carbons (Fsp3) is 0.214. The number of benzene rings is 1. The molecular weight excluding hydrogens is 250 g/mol. The van der Waals surface area contributed by atoms with Gasteiger partial charge in [-0.05, 0) is 17.6 Å². The van der Waals surface area contributed by atoms with Gasteiger partial charge in [-0.1, -0.05) is 37.6 Å². The molecule has 1 aromatic heterocycles. The van der Waals surface area contributed by atoms with E-state index in [-0.39, 0.29) is 5.92 Å². The minimum Gasteiger partial charge on any atom is -0.478 e. The van der Waals surface area contributed by atoms with E-state index in [1.165, 1.54) is 6.08 Å². The van der Waals surface area contributed by atoms with Crippen LogP contribution in [-0.2, 0) is 4.79 Å². The fourth-order valence-corrected chi connectivity index (χ4v) is 2.27. The van der Waals surface area contributed by atoms with Crippen LogP contribution in [-0.4, -0.2) is 16.1 Å². The van der Waals surface area contributed by atoms with Crippen LogP contribution in [0.2, 0.25) is 5.02 Å². The number of H-pyrrole nitrogens is 1. The second-order valence-corrected chi connectivity index (χ2v) is 4.86. The highest BCUT2D eigenvalue weighted by atomic mass is 35.5. The summed E-state index contributed by atoms with van der Waals surface area (Å²) < 4.78 is 0. The van der Waals surface area contributed by atoms with E-state index in [2.05, 4.69) is 4.98 Å². The Kier molecular flexibility index (Phi) is 3.43. The maximum absolute atomic E-state index is 10.9. The number of carboxylic acids is 1. The van der Waals surface area contributed by atoms with Crippen LogP contribution >= 0.6 is 11.6 Å². The number of hydrogen-bond acceptors (Lipinski definition) is 1. The molecule has 2 N–H and O–H groups in total. The normalized spacial score (nSPS) is 12.3. The lowest BCUT2D eigenvalue weighted by Crippen LogP contribution is -1.98. The smallest absolute Gasteiger partial charge is 0.328 e. The highest BCUT2D eigenvalue weighted by molar-refractivity contribution is 6.35. The van der Waals surface area contributed by atoms with Crippen LogP contribution in [0.5, 0.6) is 0 Å². The van der Waals surface area contributed by atoms with E-state index in [0.717, 1.165) is 22.0 Å². The van der Waals surface area contributed by atoms with Crippen LogP contribution in [0.4, 0.5) is 0 Å². The third-order valence-corrected chi connectivity index (χ3v) is 3.19. The van der Waals surface area contributed by atoms with Crippen LogP contribution in [0.1, 0.15) is 19.4 Å². The number of halogens is 1. The second-order valence-electron chi connectivity index (χ2n) is 4.46. The zero-order chi connectivity index (χ0) is 13.3. The third-order valence-electron chi connectivity index (χ3n) is 2.88. The summed E-state index contributed by atoms with van der Waals surface area (Å²) >= 11 is 6.09. The number of aromatic amines is 1. The van der Waals surface area contributed by atoms with Gasteiger partial charge in [0.05, 0.1) is 10.5 Å². The van der Waals surface area contributed by atoms with E-state index in [0.29, 0.717) is 5.02 Å². The molecule has 0 saturated carbocycles. The average molecular weight is 264 g/mol. The van der Waals surface area contributed by atoms with Gasteiger partial charge in [-0.2, -0.15) is 0 Å². The molecule has 2 rings (SSSR count). The summed E-state index contributed by atoms with van der Waals surface area (Å²) in [5.74, 6) is -0.811. The first kappa shape index (κ1) is 12.7. The van der Waals surface area contributed by atoms with Crippen LogP contribution < -0.4 is 0 Å². The zero-order valence-electron chi connectivity index (χ0n) is 10.2. The monoisotopic (exact) mass is 263 g/mol. The molecule has 0 amide bonds. The minimum atomic E-state index is -0.935. The number of allylic oxidation sites excluding steroid dienone is 1. The standard InChI is InChI=1S/C14H14ClNO2/c1-8(2)10(6-13(17)18)11-7-16-14-9(11)4-3-5-12(14)15/h3-8,16H,1-2H3,(H,17,18)/b10-6-. The van der Waals surface area contributed by atoms with E-state index in [4.69, 9.17) is 16.7 Å². The number of para-hydroxylation sites is 1. The van der Waals surface area contributed by atoms with Crippen molar-refractivity contribution in [2.75, 3.05) is 0 Å². The minimum absolute atomic E-state index is 0.124. The molecule has 4 heteroatoms. The Hall–Kier alpha value is -1.74. The maximum atomic E-state index is 10.9. The average Bonchev–Trinajstić information content (AvgIpc) is 2.70. The molecular formula is C14H14ClNO2. The lowest BCUT2D eigenvalue weighted by Gasteiger charge is -2.09. The quantitative estimate of drug-likeness (QED) is 0.824. The van der Waals surface area contributed by atoms with Gasteiger partial charge in [0.15, 0.2) is 0 Å². The van der Waals surface area contributed by atoms with E-state index in [1.54, 1.807) is 6.07 Å². The number of fused-ring (bicyclic) bond motifs is 1. The number of nitrogens with one attached hydrogen (secondary N) is 1. The second kappa shape index (κ2) is 4.86. The zero-order valence-corrected chi connectivity index (χ0v) is 11.0. The van der Waals surface area contributed by atoms with Crippen LogP contribution in [0, 0.1) is 5.92 Å². The van der Waals surface area contributed by atoms with Crippen molar-refractivity contribution in [3.63, 3.8) is 0 Å². The van der Waals surface area contributed by atoms with Gasteiger partial charge >= 0.3 is 5.97 Å². The number of aliphatic carboxylic acids is 1. The number of carbonyl (C=O) groups is 1. The summed E-state index contributed by atoms with van der Waals surface area (Å²) in [5, 5.41) is 10.5. The molecule has 0 atom stereocenters. The molecule has 0 fully saturated rings. The number of aromatic nitrogens is 1. The first-order chi connectivity index (χ1) is 8.50. The van der Waals surface area contributed by atoms with Crippen LogP contribution in [0.25, 0.3) is 16.5 Å². The van der Waals surface area contributed by atoms with Crippen molar-refractivity contribution >= 4 is 34.0 Å². The SMILES string of the molecule is CC(C)/C(=C/C(=O)O)c1c[nH]c2c(Cl)cccc12. The molecule has 2 aromatic rings. The van der Waals surface area contributed by atoms with E-state index < -0.39 is 5.97 Å². The Morgan fingerprint density at radius 2 is 2.17 bits per heavy atom. The lowest BCUT2D eigenvalue weighted by atomic mass is 9.94. The topological polar surface area (TPSA) is 53.1 Å². The summed E-state index contributed by atoms with van der Waals surface area (Å²) in [6.45, 7) is 3.94. The molecule has 3 nitrogen and oxygen atoms in total. The molecule has 94 valence electrons. The highest BCUT2D eigenvalue weighted by Gasteiger charge is 2.14. The van der Waals surface area contributed by atoms with E-state index >= 15 is 0 Å². The first-order valence-electron chi connectivity index (χ1n) is 5.71. The van der Waals surface area contributed by atoms with Gasteiger partial charge in [0.2, 0.25) is 0 Å². The predicted octanol–water partition coefficient (Wildman–Crippen LogP) is 3.95. The first-order valence-corrected chi connectivity index (χ1v) is 6.09. The van der Waals surface area contributed by atoms with Crippen molar-refractivity contribution in [3.8, 4) is 0 Å². The Balaban J connectivity index is 2.66. The number of hydrogen-bond donors (Lipinski definition) is 2. The van der Waals surface area contributed by atoms with Gasteiger partial charge in [0.25, 0.3) is 0 Å². The summed E-state index contributed by atoms with van der Waals surface area (Å²) in [4.78, 5) is 14.0. The molecule has 0 aliphatic heterocycles. The van der Waals surface area contributed by atoms with Crippen molar-refractivity contribution in [3.05, 3.63) is 41.1 Å². The molecule has 1 heterocycles. The van der Waals surface area contributed by atoms with E-state index in [1.807, 2.05) is 32.2 Å². The van der Waals surface area contributed by atoms with Gasteiger partial charge in [0, 0.05) is 23.2 Å². The van der Waals surface area contributed by atoms with E-state index in [9.17, 15) is 4.79 Å². The Morgan fingerprint density at radius 1 is 1.44 bits per heavy atom. The van der Waals surface area contributed by atoms with Gasteiger partial charge in [-0.3, -0.25) is 0 Å². The Labute approximate surface area is 110 Å². The number of rotatable bonds is 3. The molecule has 0 aliphatic rings. The van der Waals surface area contributed by atoms with Crippen molar-refractivity contribution in [1.82, 2.24) is 4.98 Å². The molecule has 0 bridgehead atoms. The summed E-state index contributed by atoms with van der Waals surface area (Å²) in [6.07, 6.45) is 3.07. The van der Waals surface area contributed by atoms with Crippen molar-refractivity contribution < 1.29 is 9.90 Å². The van der Waals surface area contributed by atoms with Gasteiger partial charge in [-0.25, -0.2) is 4.79 Å². The summed E-state index contributed by atoms with van der Waals surface area (Å²) in [5.41, 5.74) is 2.52. The Bertz CT molecular complexity index is 626. The highest BCUT2D eigenvalue weighted by Crippen LogP contribution is 2.32. The fourth-order valence-electron chi connectivity index (χ4n) is 2.04. The largest absolute Gasteiger partial charge is 0.478 e. The molecule has 0 saturated heterocycles. The number of carboxylic acid groups (broad SMARTS) is 1. The molecule has 18 heavy (non-hydrogen) atoms. The van der Waals surface area contributed by atoms with Crippen molar-refractivity contribution in [2.45, 2.75) is 13.8 Å². The summed E-state index contributed by atoms with van der Waals surface area (Å²) in [7, 11) is 0. The summed E-state index contributed by atoms with van der Waals surface area (Å²) in [6, 6.07) is 5.60. The molecule has 0 aliphatic carbocycles. The molecule has 0 radical (unpaired) electrons. The van der Waals surface area contributed by atoms with Gasteiger partial charge < -0.3 is 10.1 Å². The predicted molar refractivity (Wildman–Crippen MR) is 73.8 cm³/mol.